The first kappa shape index (κ1) is 14.9. The van der Waals surface area contributed by atoms with Gasteiger partial charge in [-0.15, -0.1) is 0 Å². The van der Waals surface area contributed by atoms with Crippen molar-refractivity contribution in [1.29, 1.82) is 0 Å². The Morgan fingerprint density at radius 1 is 1.00 bits per heavy atom. The third-order valence-electron chi connectivity index (χ3n) is 3.93. The molecule has 0 saturated carbocycles. The van der Waals surface area contributed by atoms with Crippen molar-refractivity contribution in [3.05, 3.63) is 82.9 Å². The Balaban J connectivity index is 1.79. The monoisotopic (exact) mass is 331 g/mol. The van der Waals surface area contributed by atoms with Crippen LogP contribution in [0, 0.1) is 10.1 Å². The summed E-state index contributed by atoms with van der Waals surface area (Å²) in [6.45, 7) is 0.642. The summed E-state index contributed by atoms with van der Waals surface area (Å²) >= 11 is 0. The molecule has 2 aromatic carbocycles. The quantitative estimate of drug-likeness (QED) is 0.422. The highest BCUT2D eigenvalue weighted by atomic mass is 16.6. The van der Waals surface area contributed by atoms with E-state index in [1.807, 2.05) is 34.9 Å². The number of aromatic nitrogens is 4. The van der Waals surface area contributed by atoms with Crippen molar-refractivity contribution in [2.24, 2.45) is 0 Å². The molecule has 25 heavy (non-hydrogen) atoms. The van der Waals surface area contributed by atoms with E-state index in [1.165, 1.54) is 18.5 Å². The average molecular weight is 331 g/mol. The maximum Gasteiger partial charge on any atom is 0.270 e. The summed E-state index contributed by atoms with van der Waals surface area (Å²) in [6, 6.07) is 16.4. The topological polar surface area (TPSA) is 86.7 Å². The summed E-state index contributed by atoms with van der Waals surface area (Å²) in [7, 11) is 0. The molecule has 0 fully saturated rings. The highest BCUT2D eigenvalue weighted by Gasteiger charge is 2.14. The summed E-state index contributed by atoms with van der Waals surface area (Å²) in [6.07, 6.45) is 3.17. The summed E-state index contributed by atoms with van der Waals surface area (Å²) in [4.78, 5) is 23.6. The lowest BCUT2D eigenvalue weighted by atomic mass is 10.1. The van der Waals surface area contributed by atoms with Gasteiger partial charge in [0.2, 0.25) is 0 Å². The average Bonchev–Trinajstić information content (AvgIpc) is 3.06. The number of rotatable bonds is 4. The predicted molar refractivity (Wildman–Crippen MR) is 93.0 cm³/mol. The van der Waals surface area contributed by atoms with E-state index < -0.39 is 4.92 Å². The molecular weight excluding hydrogens is 318 g/mol. The van der Waals surface area contributed by atoms with E-state index in [-0.39, 0.29) is 5.69 Å². The van der Waals surface area contributed by atoms with Crippen LogP contribution in [0.15, 0.2) is 67.3 Å². The van der Waals surface area contributed by atoms with Crippen molar-refractivity contribution in [2.75, 3.05) is 0 Å². The second kappa shape index (κ2) is 6.12. The van der Waals surface area contributed by atoms with E-state index >= 15 is 0 Å². The molecule has 0 unspecified atom stereocenters. The number of fused-ring (bicyclic) bond motifs is 1. The van der Waals surface area contributed by atoms with Gasteiger partial charge in [0.1, 0.15) is 17.5 Å². The number of nitro groups is 1. The number of nitrogens with zero attached hydrogens (tertiary/aromatic N) is 5. The second-order valence-corrected chi connectivity index (χ2v) is 5.56. The van der Waals surface area contributed by atoms with Gasteiger partial charge in [0.15, 0.2) is 5.65 Å². The van der Waals surface area contributed by atoms with Crippen LogP contribution in [-0.4, -0.2) is 24.4 Å². The van der Waals surface area contributed by atoms with Crippen LogP contribution in [0.4, 0.5) is 5.69 Å². The molecule has 0 atom stereocenters. The zero-order chi connectivity index (χ0) is 17.2. The molecular formula is C18H13N5O2. The Kier molecular flexibility index (Phi) is 3.66. The molecule has 0 spiro atoms. The number of hydrogen-bond acceptors (Lipinski definition) is 5. The van der Waals surface area contributed by atoms with Crippen molar-refractivity contribution in [2.45, 2.75) is 6.54 Å². The van der Waals surface area contributed by atoms with Crippen molar-refractivity contribution in [1.82, 2.24) is 19.5 Å². The summed E-state index contributed by atoms with van der Waals surface area (Å²) < 4.78 is 1.94. The van der Waals surface area contributed by atoms with E-state index in [4.69, 9.17) is 0 Å². The molecule has 2 aromatic heterocycles. The van der Waals surface area contributed by atoms with E-state index in [2.05, 4.69) is 15.0 Å². The Morgan fingerprint density at radius 3 is 2.64 bits per heavy atom. The zero-order valence-corrected chi connectivity index (χ0v) is 13.1. The Labute approximate surface area is 142 Å². The summed E-state index contributed by atoms with van der Waals surface area (Å²) in [5.41, 5.74) is 3.71. The van der Waals surface area contributed by atoms with Gasteiger partial charge in [-0.1, -0.05) is 42.5 Å². The minimum atomic E-state index is -0.421. The third-order valence-corrected chi connectivity index (χ3v) is 3.93. The molecule has 122 valence electrons. The van der Waals surface area contributed by atoms with Crippen molar-refractivity contribution in [3.63, 3.8) is 0 Å². The molecule has 7 heteroatoms. The van der Waals surface area contributed by atoms with E-state index in [0.29, 0.717) is 29.0 Å². The lowest BCUT2D eigenvalue weighted by molar-refractivity contribution is -0.384. The Hall–Kier alpha value is -3.61. The number of non-ortho nitro benzene ring substituents is 1. The van der Waals surface area contributed by atoms with Gasteiger partial charge in [0.25, 0.3) is 5.69 Å². The second-order valence-electron chi connectivity index (χ2n) is 5.56. The van der Waals surface area contributed by atoms with Gasteiger partial charge in [-0.05, 0) is 5.56 Å². The van der Waals surface area contributed by atoms with Crippen LogP contribution in [0.2, 0.25) is 0 Å². The number of imidazole rings is 1. The van der Waals surface area contributed by atoms with Crippen LogP contribution >= 0.6 is 0 Å². The smallest absolute Gasteiger partial charge is 0.270 e. The maximum absolute atomic E-state index is 11.0. The molecule has 0 N–H and O–H groups in total. The van der Waals surface area contributed by atoms with Gasteiger partial charge >= 0.3 is 0 Å². The highest BCUT2D eigenvalue weighted by molar-refractivity contribution is 5.87. The van der Waals surface area contributed by atoms with Crippen LogP contribution in [0.25, 0.3) is 22.4 Å². The minimum Gasteiger partial charge on any atom is -0.311 e. The van der Waals surface area contributed by atoms with Gasteiger partial charge in [-0.3, -0.25) is 10.1 Å². The molecule has 4 aromatic rings. The van der Waals surface area contributed by atoms with Crippen molar-refractivity contribution in [3.8, 4) is 11.3 Å². The van der Waals surface area contributed by atoms with Gasteiger partial charge in [-0.25, -0.2) is 15.0 Å². The van der Waals surface area contributed by atoms with E-state index in [9.17, 15) is 10.1 Å². The first-order chi connectivity index (χ1) is 12.2. The first-order valence-electron chi connectivity index (χ1n) is 7.67. The third kappa shape index (κ3) is 2.83. The number of hydrogen-bond donors (Lipinski definition) is 0. The Morgan fingerprint density at radius 2 is 1.84 bits per heavy atom. The molecule has 4 rings (SSSR count). The zero-order valence-electron chi connectivity index (χ0n) is 13.1. The van der Waals surface area contributed by atoms with Gasteiger partial charge in [0.05, 0.1) is 17.8 Å². The molecule has 2 heterocycles. The fourth-order valence-electron chi connectivity index (χ4n) is 2.75. The number of benzene rings is 2. The normalized spacial score (nSPS) is 10.9. The van der Waals surface area contributed by atoms with Gasteiger partial charge < -0.3 is 4.57 Å². The van der Waals surface area contributed by atoms with E-state index in [0.717, 1.165) is 5.56 Å². The first-order valence-corrected chi connectivity index (χ1v) is 7.67. The molecule has 0 aliphatic rings. The highest BCUT2D eigenvalue weighted by Crippen LogP contribution is 2.27. The molecule has 0 amide bonds. The van der Waals surface area contributed by atoms with E-state index in [1.54, 1.807) is 18.5 Å². The summed E-state index contributed by atoms with van der Waals surface area (Å²) in [5.74, 6) is 0. The van der Waals surface area contributed by atoms with Crippen LogP contribution in [0.5, 0.6) is 0 Å². The molecule has 0 aliphatic heterocycles. The fourth-order valence-corrected chi connectivity index (χ4v) is 2.75. The molecule has 0 bridgehead atoms. The van der Waals surface area contributed by atoms with Crippen LogP contribution < -0.4 is 0 Å². The Bertz CT molecular complexity index is 1060. The van der Waals surface area contributed by atoms with Crippen molar-refractivity contribution >= 4 is 16.9 Å². The lowest BCUT2D eigenvalue weighted by Crippen LogP contribution is -1.99. The van der Waals surface area contributed by atoms with Crippen molar-refractivity contribution < 1.29 is 4.92 Å². The van der Waals surface area contributed by atoms with Crippen LogP contribution in [-0.2, 0) is 6.54 Å². The fraction of sp³-hybridized carbons (Fsp3) is 0.0556. The largest absolute Gasteiger partial charge is 0.311 e. The SMILES string of the molecule is O=[N+]([O-])c1cccc(-c2ncnc3c2ncn3Cc2ccccc2)c1. The molecule has 0 radical (unpaired) electrons. The predicted octanol–water partition coefficient (Wildman–Crippen LogP) is 3.45. The standard InChI is InChI=1S/C18H13N5O2/c24-23(25)15-8-4-7-14(9-15)16-17-18(20-11-19-16)22(12-21-17)10-13-5-2-1-3-6-13/h1-9,11-12H,10H2. The van der Waals surface area contributed by atoms with Gasteiger partial charge in [-0.2, -0.15) is 0 Å². The summed E-state index contributed by atoms with van der Waals surface area (Å²) in [5, 5.41) is 11.0. The molecule has 7 nitrogen and oxygen atoms in total. The minimum absolute atomic E-state index is 0.0213. The maximum atomic E-state index is 11.0. The molecule has 0 aliphatic carbocycles. The van der Waals surface area contributed by atoms with Crippen LogP contribution in [0.1, 0.15) is 5.56 Å². The lowest BCUT2D eigenvalue weighted by Gasteiger charge is -2.05. The molecule has 0 saturated heterocycles. The van der Waals surface area contributed by atoms with Crippen LogP contribution in [0.3, 0.4) is 0 Å². The van der Waals surface area contributed by atoms with Gasteiger partial charge in [0, 0.05) is 17.7 Å². The number of nitro benzene ring substituents is 1.